The lowest BCUT2D eigenvalue weighted by atomic mass is 10.2. The summed E-state index contributed by atoms with van der Waals surface area (Å²) in [4.78, 5) is 10.6. The molecule has 120 valence electrons. The third kappa shape index (κ3) is 3.26. The molecule has 0 saturated heterocycles. The van der Waals surface area contributed by atoms with E-state index in [1.807, 2.05) is 40.0 Å². The Kier molecular flexibility index (Phi) is 4.14. The molecule has 6 heteroatoms. The van der Waals surface area contributed by atoms with Gasteiger partial charge in [-0.2, -0.15) is 4.98 Å². The highest BCUT2D eigenvalue weighted by Gasteiger charge is 2.15. The molecular formula is C17H20N4O2. The molecule has 6 nitrogen and oxygen atoms in total. The summed E-state index contributed by atoms with van der Waals surface area (Å²) >= 11 is 0. The fourth-order valence-electron chi connectivity index (χ4n) is 2.53. The average molecular weight is 312 g/mol. The van der Waals surface area contributed by atoms with Crippen molar-refractivity contribution in [2.75, 3.05) is 11.9 Å². The van der Waals surface area contributed by atoms with Gasteiger partial charge in [0.2, 0.25) is 0 Å². The minimum Gasteiger partial charge on any atom is -0.491 e. The van der Waals surface area contributed by atoms with Crippen molar-refractivity contribution in [1.82, 2.24) is 15.1 Å². The highest BCUT2D eigenvalue weighted by atomic mass is 16.5. The number of rotatable bonds is 5. The van der Waals surface area contributed by atoms with Gasteiger partial charge in [0.15, 0.2) is 0 Å². The standard InChI is InChI=1S/C17H20N4O2/c1-11(2)22-14-7-5-6-13(8-14)9-21(4)16-15-12(3)20-23-17(15)19-10-18-16/h5-8,10-11H,9H2,1-4H3. The number of aryl methyl sites for hydroxylation is 1. The number of ether oxygens (including phenoxy) is 1. The van der Waals surface area contributed by atoms with Crippen molar-refractivity contribution in [3.8, 4) is 5.75 Å². The zero-order chi connectivity index (χ0) is 16.4. The molecule has 0 aliphatic rings. The maximum atomic E-state index is 5.75. The lowest BCUT2D eigenvalue weighted by Crippen LogP contribution is -2.18. The summed E-state index contributed by atoms with van der Waals surface area (Å²) in [6.07, 6.45) is 1.65. The third-order valence-electron chi connectivity index (χ3n) is 3.47. The van der Waals surface area contributed by atoms with Crippen molar-refractivity contribution >= 4 is 16.9 Å². The Morgan fingerprint density at radius 3 is 2.87 bits per heavy atom. The highest BCUT2D eigenvalue weighted by molar-refractivity contribution is 5.87. The molecule has 0 radical (unpaired) electrons. The van der Waals surface area contributed by atoms with Gasteiger partial charge in [-0.15, -0.1) is 0 Å². The predicted molar refractivity (Wildman–Crippen MR) is 88.6 cm³/mol. The Labute approximate surface area is 135 Å². The Bertz CT molecular complexity index is 813. The van der Waals surface area contributed by atoms with Gasteiger partial charge >= 0.3 is 0 Å². The van der Waals surface area contributed by atoms with Crippen molar-refractivity contribution in [3.63, 3.8) is 0 Å². The molecule has 1 aromatic carbocycles. The van der Waals surface area contributed by atoms with E-state index in [0.717, 1.165) is 28.2 Å². The minimum absolute atomic E-state index is 0.157. The molecule has 2 heterocycles. The molecule has 0 amide bonds. The van der Waals surface area contributed by atoms with E-state index in [-0.39, 0.29) is 6.10 Å². The van der Waals surface area contributed by atoms with Crippen molar-refractivity contribution in [2.45, 2.75) is 33.4 Å². The van der Waals surface area contributed by atoms with Crippen molar-refractivity contribution in [2.24, 2.45) is 0 Å². The summed E-state index contributed by atoms with van der Waals surface area (Å²) in [6, 6.07) is 8.09. The number of hydrogen-bond donors (Lipinski definition) is 0. The Morgan fingerprint density at radius 2 is 2.09 bits per heavy atom. The van der Waals surface area contributed by atoms with Crippen LogP contribution in [0.1, 0.15) is 25.1 Å². The molecular weight excluding hydrogens is 292 g/mol. The molecule has 3 rings (SSSR count). The van der Waals surface area contributed by atoms with Crippen molar-refractivity contribution in [1.29, 1.82) is 0 Å². The van der Waals surface area contributed by atoms with Gasteiger partial charge in [0.25, 0.3) is 5.71 Å². The fourth-order valence-corrected chi connectivity index (χ4v) is 2.53. The Morgan fingerprint density at radius 1 is 1.26 bits per heavy atom. The van der Waals surface area contributed by atoms with Crippen LogP contribution >= 0.6 is 0 Å². The van der Waals surface area contributed by atoms with Crippen LogP contribution in [0.3, 0.4) is 0 Å². The number of aromatic nitrogens is 3. The van der Waals surface area contributed by atoms with Gasteiger partial charge in [0.05, 0.1) is 11.8 Å². The fraction of sp³-hybridized carbons (Fsp3) is 0.353. The molecule has 3 aromatic rings. The molecule has 0 N–H and O–H groups in total. The first-order chi connectivity index (χ1) is 11.0. The molecule has 2 aromatic heterocycles. The van der Waals surface area contributed by atoms with Gasteiger partial charge in [-0.3, -0.25) is 0 Å². The van der Waals surface area contributed by atoms with E-state index in [4.69, 9.17) is 9.26 Å². The second-order valence-electron chi connectivity index (χ2n) is 5.82. The van der Waals surface area contributed by atoms with Gasteiger partial charge in [-0.25, -0.2) is 4.98 Å². The first-order valence-corrected chi connectivity index (χ1v) is 7.58. The van der Waals surface area contributed by atoms with E-state index in [2.05, 4.69) is 32.2 Å². The summed E-state index contributed by atoms with van der Waals surface area (Å²) in [5, 5.41) is 4.82. The van der Waals surface area contributed by atoms with Crippen LogP contribution in [0, 0.1) is 6.92 Å². The molecule has 0 saturated carbocycles. The molecule has 0 unspecified atom stereocenters. The van der Waals surface area contributed by atoms with Crippen LogP contribution in [-0.2, 0) is 6.54 Å². The normalized spacial score (nSPS) is 11.2. The van der Waals surface area contributed by atoms with Crippen molar-refractivity contribution < 1.29 is 9.26 Å². The number of benzene rings is 1. The zero-order valence-electron chi connectivity index (χ0n) is 13.8. The predicted octanol–water partition coefficient (Wildman–Crippen LogP) is 3.35. The van der Waals surface area contributed by atoms with E-state index >= 15 is 0 Å². The molecule has 0 spiro atoms. The van der Waals surface area contributed by atoms with E-state index in [0.29, 0.717) is 12.3 Å². The van der Waals surface area contributed by atoms with Crippen LogP contribution < -0.4 is 9.64 Å². The zero-order valence-corrected chi connectivity index (χ0v) is 13.8. The molecule has 0 bridgehead atoms. The second-order valence-corrected chi connectivity index (χ2v) is 5.82. The van der Waals surface area contributed by atoms with Crippen LogP contribution in [0.25, 0.3) is 11.1 Å². The average Bonchev–Trinajstić information content (AvgIpc) is 2.88. The smallest absolute Gasteiger partial charge is 0.263 e. The SMILES string of the molecule is Cc1noc2ncnc(N(C)Cc3cccc(OC(C)C)c3)c12. The van der Waals surface area contributed by atoms with Crippen LogP contribution in [0.15, 0.2) is 35.1 Å². The molecule has 0 aliphatic carbocycles. The monoisotopic (exact) mass is 312 g/mol. The molecule has 0 fully saturated rings. The topological polar surface area (TPSA) is 64.3 Å². The number of anilines is 1. The lowest BCUT2D eigenvalue weighted by molar-refractivity contribution is 0.242. The lowest BCUT2D eigenvalue weighted by Gasteiger charge is -2.19. The number of fused-ring (bicyclic) bond motifs is 1. The van der Waals surface area contributed by atoms with Gasteiger partial charge in [-0.05, 0) is 38.5 Å². The van der Waals surface area contributed by atoms with E-state index in [9.17, 15) is 0 Å². The molecule has 0 atom stereocenters. The van der Waals surface area contributed by atoms with Crippen LogP contribution in [-0.4, -0.2) is 28.3 Å². The summed E-state index contributed by atoms with van der Waals surface area (Å²) in [7, 11) is 1.99. The summed E-state index contributed by atoms with van der Waals surface area (Å²) in [6.45, 7) is 6.63. The second kappa shape index (κ2) is 6.24. The Hall–Kier alpha value is -2.63. The van der Waals surface area contributed by atoms with Crippen LogP contribution in [0.4, 0.5) is 5.82 Å². The van der Waals surface area contributed by atoms with E-state index in [1.54, 1.807) is 0 Å². The summed E-state index contributed by atoms with van der Waals surface area (Å²) < 4.78 is 11.0. The van der Waals surface area contributed by atoms with Crippen molar-refractivity contribution in [3.05, 3.63) is 41.9 Å². The van der Waals surface area contributed by atoms with Gasteiger partial charge in [0.1, 0.15) is 23.3 Å². The minimum atomic E-state index is 0.157. The van der Waals surface area contributed by atoms with E-state index in [1.165, 1.54) is 6.33 Å². The Balaban J connectivity index is 1.86. The van der Waals surface area contributed by atoms with Crippen LogP contribution in [0.5, 0.6) is 5.75 Å². The van der Waals surface area contributed by atoms with Gasteiger partial charge in [0, 0.05) is 13.6 Å². The van der Waals surface area contributed by atoms with Gasteiger partial charge in [-0.1, -0.05) is 17.3 Å². The molecule has 0 aliphatic heterocycles. The summed E-state index contributed by atoms with van der Waals surface area (Å²) in [5.41, 5.74) is 2.45. The summed E-state index contributed by atoms with van der Waals surface area (Å²) in [5.74, 6) is 1.68. The first kappa shape index (κ1) is 15.3. The molecule has 23 heavy (non-hydrogen) atoms. The quantitative estimate of drug-likeness (QED) is 0.720. The maximum absolute atomic E-state index is 5.75. The van der Waals surface area contributed by atoms with Gasteiger partial charge < -0.3 is 14.2 Å². The van der Waals surface area contributed by atoms with Crippen LogP contribution in [0.2, 0.25) is 0 Å². The highest BCUT2D eigenvalue weighted by Crippen LogP contribution is 2.26. The largest absolute Gasteiger partial charge is 0.491 e. The number of nitrogens with zero attached hydrogens (tertiary/aromatic N) is 4. The third-order valence-corrected chi connectivity index (χ3v) is 3.47. The first-order valence-electron chi connectivity index (χ1n) is 7.58. The van der Waals surface area contributed by atoms with E-state index < -0.39 is 0 Å². The maximum Gasteiger partial charge on any atom is 0.263 e. The number of hydrogen-bond acceptors (Lipinski definition) is 6.